The number of hydrogen-bond donors (Lipinski definition) is 3. The maximum absolute atomic E-state index is 14.5. The highest BCUT2D eigenvalue weighted by molar-refractivity contribution is 6.39. The number of ketones is 2. The van der Waals surface area contributed by atoms with Gasteiger partial charge in [-0.1, -0.05) is 68.5 Å². The number of carbonyl (C=O) groups excluding carboxylic acids is 4. The molecule has 1 amide bonds. The van der Waals surface area contributed by atoms with E-state index in [0.717, 1.165) is 0 Å². The van der Waals surface area contributed by atoms with Crippen molar-refractivity contribution in [2.24, 2.45) is 11.8 Å². The van der Waals surface area contributed by atoms with Crippen LogP contribution in [0.25, 0.3) is 5.57 Å². The molecule has 1 heterocycles. The van der Waals surface area contributed by atoms with E-state index in [1.165, 1.54) is 14.2 Å². The maximum atomic E-state index is 14.5. The molecule has 0 fully saturated rings. The van der Waals surface area contributed by atoms with E-state index in [0.29, 0.717) is 37.1 Å². The zero-order valence-electron chi connectivity index (χ0n) is 29.8. The summed E-state index contributed by atoms with van der Waals surface area (Å²) in [5.41, 5.74) is 1.89. The Morgan fingerprint density at radius 2 is 1.73 bits per heavy atom. The number of carbonyl (C=O) groups is 4. The van der Waals surface area contributed by atoms with Gasteiger partial charge in [-0.2, -0.15) is 0 Å². The summed E-state index contributed by atoms with van der Waals surface area (Å²) in [6.07, 6.45) is 4.08. The Hall–Kier alpha value is -4.16. The molecule has 1 aliphatic carbocycles. The molecule has 0 aromatic heterocycles. The molecular weight excluding hydrogens is 626 g/mol. The average molecular weight is 678 g/mol. The summed E-state index contributed by atoms with van der Waals surface area (Å²) in [5, 5.41) is 17.4. The van der Waals surface area contributed by atoms with Crippen molar-refractivity contribution in [1.29, 1.82) is 0 Å². The van der Waals surface area contributed by atoms with E-state index in [1.54, 1.807) is 56.3 Å². The number of nitrogens with zero attached hydrogens (tertiary/aromatic N) is 1. The zero-order chi connectivity index (χ0) is 36.2. The lowest BCUT2D eigenvalue weighted by Crippen LogP contribution is -2.40. The SMILES string of the molecule is CO[C@H]1/C=C\C=C(/C)C(=O)NC2=C(c3ccccc3)C(=O)C(NCCN(C)C)=C(C[C@@H](C)C[C@H](OC)[C@H](O)[C@@H](C)/C=C(\C)[C@@H]1OC=O)C2=O. The molecule has 6 atom stereocenters. The van der Waals surface area contributed by atoms with Crippen LogP contribution in [0, 0.1) is 11.8 Å². The molecule has 0 saturated carbocycles. The first-order chi connectivity index (χ1) is 23.3. The van der Waals surface area contributed by atoms with Crippen molar-refractivity contribution in [3.05, 3.63) is 88.3 Å². The standard InChI is InChI=1S/C38H51N3O8/c1-23-19-28-32(39-17-18-41(5)6)36(45)31(27-14-10-9-11-15-27)33(35(28)44)40-38(46)24(2)13-12-16-29(47-7)37(49-22-42)26(4)21-25(3)34(43)30(20-23)48-8/h9-16,21-23,25,29-30,34,37,39,43H,17-20H2,1-8H3,(H,40,46)/b16-12-,24-13+,26-21+/t23-,25+,29+,30+,34-,37+/m1/s1. The molecule has 0 spiro atoms. The number of hydrogen-bond acceptors (Lipinski definition) is 10. The third kappa shape index (κ3) is 10.2. The first-order valence-electron chi connectivity index (χ1n) is 16.5. The second-order valence-electron chi connectivity index (χ2n) is 13.0. The number of aliphatic hydroxyl groups excluding tert-OH is 1. The predicted octanol–water partition coefficient (Wildman–Crippen LogP) is 3.52. The molecule has 3 rings (SSSR count). The molecule has 1 aromatic carbocycles. The van der Waals surface area contributed by atoms with Crippen LogP contribution in [0.3, 0.4) is 0 Å². The largest absolute Gasteiger partial charge is 0.457 e. The number of fused-ring (bicyclic) bond motifs is 2. The number of ether oxygens (including phenoxy) is 3. The Kier molecular flexibility index (Phi) is 14.9. The van der Waals surface area contributed by atoms with Crippen LogP contribution >= 0.6 is 0 Å². The molecule has 2 bridgehead atoms. The molecule has 1 aliphatic heterocycles. The number of likely N-dealkylation sites (N-methyl/N-ethyl adjacent to an activating group) is 1. The highest BCUT2D eigenvalue weighted by Crippen LogP contribution is 2.34. The summed E-state index contributed by atoms with van der Waals surface area (Å²) >= 11 is 0. The van der Waals surface area contributed by atoms with Gasteiger partial charge in [-0.05, 0) is 57.8 Å². The van der Waals surface area contributed by atoms with Gasteiger partial charge in [0.25, 0.3) is 12.4 Å². The van der Waals surface area contributed by atoms with Crippen LogP contribution < -0.4 is 10.6 Å². The summed E-state index contributed by atoms with van der Waals surface area (Å²) in [6, 6.07) is 8.81. The average Bonchev–Trinajstić information content (AvgIpc) is 3.07. The first-order valence-corrected chi connectivity index (χ1v) is 16.5. The van der Waals surface area contributed by atoms with Crippen molar-refractivity contribution in [3.63, 3.8) is 0 Å². The third-order valence-corrected chi connectivity index (χ3v) is 8.83. The number of amides is 1. The highest BCUT2D eigenvalue weighted by atomic mass is 16.6. The fraction of sp³-hybridized carbons (Fsp3) is 0.474. The van der Waals surface area contributed by atoms with Gasteiger partial charge in [0.05, 0.1) is 23.5 Å². The Labute approximate surface area is 289 Å². The van der Waals surface area contributed by atoms with E-state index in [1.807, 2.05) is 45.0 Å². The number of rotatable bonds is 9. The molecule has 266 valence electrons. The maximum Gasteiger partial charge on any atom is 0.293 e. The fourth-order valence-corrected chi connectivity index (χ4v) is 6.09. The van der Waals surface area contributed by atoms with Gasteiger partial charge in [-0.25, -0.2) is 0 Å². The van der Waals surface area contributed by atoms with Crippen molar-refractivity contribution >= 4 is 29.5 Å². The van der Waals surface area contributed by atoms with Gasteiger partial charge in [-0.3, -0.25) is 19.2 Å². The number of benzene rings is 1. The topological polar surface area (TPSA) is 144 Å². The van der Waals surface area contributed by atoms with E-state index >= 15 is 0 Å². The van der Waals surface area contributed by atoms with Crippen molar-refractivity contribution in [1.82, 2.24) is 15.5 Å². The van der Waals surface area contributed by atoms with Crippen LogP contribution in [0.5, 0.6) is 0 Å². The Bertz CT molecular complexity index is 1510. The van der Waals surface area contributed by atoms with Crippen LogP contribution in [0.4, 0.5) is 0 Å². The van der Waals surface area contributed by atoms with Gasteiger partial charge in [0, 0.05) is 44.4 Å². The minimum atomic E-state index is -0.946. The Morgan fingerprint density at radius 3 is 2.35 bits per heavy atom. The number of methoxy groups -OCH3 is 2. The lowest BCUT2D eigenvalue weighted by Gasteiger charge is -2.30. The van der Waals surface area contributed by atoms with E-state index in [-0.39, 0.29) is 40.5 Å². The van der Waals surface area contributed by atoms with Crippen molar-refractivity contribution in [3.8, 4) is 0 Å². The summed E-state index contributed by atoms with van der Waals surface area (Å²) in [4.78, 5) is 55.9. The number of aliphatic hydroxyl groups is 1. The third-order valence-electron chi connectivity index (χ3n) is 8.83. The molecule has 49 heavy (non-hydrogen) atoms. The van der Waals surface area contributed by atoms with E-state index < -0.39 is 47.8 Å². The van der Waals surface area contributed by atoms with Gasteiger partial charge in [0.15, 0.2) is 6.10 Å². The highest BCUT2D eigenvalue weighted by Gasteiger charge is 2.37. The summed E-state index contributed by atoms with van der Waals surface area (Å²) in [7, 11) is 6.83. The van der Waals surface area contributed by atoms with Crippen molar-refractivity contribution < 1.29 is 38.5 Å². The van der Waals surface area contributed by atoms with Crippen LogP contribution in [-0.2, 0) is 33.4 Å². The van der Waals surface area contributed by atoms with E-state index in [2.05, 4.69) is 10.6 Å². The normalized spacial score (nSPS) is 29.1. The molecule has 3 N–H and O–H groups in total. The second kappa shape index (κ2) is 18.6. The summed E-state index contributed by atoms with van der Waals surface area (Å²) in [6.45, 7) is 8.53. The fourth-order valence-electron chi connectivity index (χ4n) is 6.09. The molecule has 11 nitrogen and oxygen atoms in total. The van der Waals surface area contributed by atoms with Crippen molar-refractivity contribution in [2.45, 2.75) is 65.0 Å². The lowest BCUT2D eigenvalue weighted by molar-refractivity contribution is -0.136. The molecule has 11 heteroatoms. The Morgan fingerprint density at radius 1 is 1.04 bits per heavy atom. The molecule has 1 aromatic rings. The van der Waals surface area contributed by atoms with Gasteiger partial charge >= 0.3 is 0 Å². The van der Waals surface area contributed by atoms with E-state index in [9.17, 15) is 24.3 Å². The van der Waals surface area contributed by atoms with Crippen LogP contribution in [0.1, 0.15) is 46.1 Å². The number of nitrogens with one attached hydrogen (secondary N) is 2. The van der Waals surface area contributed by atoms with Crippen LogP contribution in [0.2, 0.25) is 0 Å². The van der Waals surface area contributed by atoms with E-state index in [4.69, 9.17) is 14.2 Å². The summed E-state index contributed by atoms with van der Waals surface area (Å²) in [5.74, 6) is -2.05. The lowest BCUT2D eigenvalue weighted by atomic mass is 9.81. The molecule has 0 saturated heterocycles. The van der Waals surface area contributed by atoms with Crippen LogP contribution in [0.15, 0.2) is 82.7 Å². The zero-order valence-corrected chi connectivity index (χ0v) is 29.8. The monoisotopic (exact) mass is 677 g/mol. The summed E-state index contributed by atoms with van der Waals surface area (Å²) < 4.78 is 16.8. The number of allylic oxidation sites excluding steroid dienone is 4. The number of Topliss-reactive ketones (excluding diaryl/α,β-unsaturated/α-hetero) is 2. The van der Waals surface area contributed by atoms with Gasteiger partial charge in [-0.15, -0.1) is 0 Å². The Balaban J connectivity index is 2.22. The van der Waals surface area contributed by atoms with Gasteiger partial charge in [0.2, 0.25) is 11.6 Å². The predicted molar refractivity (Wildman–Crippen MR) is 188 cm³/mol. The molecule has 2 aliphatic rings. The molecule has 0 unspecified atom stereocenters. The van der Waals surface area contributed by atoms with Gasteiger partial charge < -0.3 is 34.9 Å². The quantitative estimate of drug-likeness (QED) is 0.202. The first kappa shape index (κ1) is 39.3. The minimum absolute atomic E-state index is 0.0952. The molecular formula is C38H51N3O8. The van der Waals surface area contributed by atoms with Crippen LogP contribution in [-0.4, -0.2) is 99.8 Å². The second-order valence-corrected chi connectivity index (χ2v) is 13.0. The minimum Gasteiger partial charge on any atom is -0.457 e. The smallest absolute Gasteiger partial charge is 0.293 e. The van der Waals surface area contributed by atoms with Gasteiger partial charge in [0.1, 0.15) is 11.8 Å². The van der Waals surface area contributed by atoms with Crippen molar-refractivity contribution in [2.75, 3.05) is 41.4 Å². The molecule has 0 radical (unpaired) electrons.